The molecule has 21 heavy (non-hydrogen) atoms. The second kappa shape index (κ2) is 6.64. The number of nitrogens with one attached hydrogen (secondary N) is 1. The molecule has 0 aromatic heterocycles. The Morgan fingerprint density at radius 2 is 2.19 bits per heavy atom. The van der Waals surface area contributed by atoms with Gasteiger partial charge in [-0.25, -0.2) is 13.1 Å². The van der Waals surface area contributed by atoms with Gasteiger partial charge in [-0.15, -0.1) is 0 Å². The number of likely N-dealkylation sites (tertiary alicyclic amines) is 1. The highest BCUT2D eigenvalue weighted by atomic mass is 35.5. The fraction of sp³-hybridized carbons (Fsp3) is 0.462. The number of benzene rings is 1. The molecular formula is C13H19ClN4O2S. The van der Waals surface area contributed by atoms with E-state index in [1.807, 2.05) is 4.90 Å². The van der Waals surface area contributed by atoms with Crippen molar-refractivity contribution in [1.82, 2.24) is 9.62 Å². The Bertz CT molecular complexity index is 642. The van der Waals surface area contributed by atoms with Gasteiger partial charge in [-0.1, -0.05) is 11.6 Å². The van der Waals surface area contributed by atoms with Crippen LogP contribution in [0.1, 0.15) is 12.0 Å². The molecule has 0 aliphatic carbocycles. The van der Waals surface area contributed by atoms with Crippen LogP contribution >= 0.6 is 11.6 Å². The lowest BCUT2D eigenvalue weighted by Crippen LogP contribution is -2.46. The first-order valence-corrected chi connectivity index (χ1v) is 8.57. The summed E-state index contributed by atoms with van der Waals surface area (Å²) in [6, 6.07) is 4.68. The van der Waals surface area contributed by atoms with Gasteiger partial charge in [0.15, 0.2) is 5.96 Å². The lowest BCUT2D eigenvalue weighted by Gasteiger charge is -2.31. The summed E-state index contributed by atoms with van der Waals surface area (Å²) >= 11 is 5.83. The summed E-state index contributed by atoms with van der Waals surface area (Å²) in [4.78, 5) is 6.34. The van der Waals surface area contributed by atoms with Crippen LogP contribution < -0.4 is 10.5 Å². The third-order valence-corrected chi connectivity index (χ3v) is 5.14. The summed E-state index contributed by atoms with van der Waals surface area (Å²) in [6.07, 6.45) is 1.12. The minimum Gasteiger partial charge on any atom is -0.370 e. The number of hydrogen-bond donors (Lipinski definition) is 2. The van der Waals surface area contributed by atoms with Crippen LogP contribution in [0.5, 0.6) is 0 Å². The Morgan fingerprint density at radius 3 is 2.76 bits per heavy atom. The normalized spacial score (nSPS) is 15.9. The van der Waals surface area contributed by atoms with Crippen LogP contribution in [0.15, 0.2) is 28.1 Å². The lowest BCUT2D eigenvalue weighted by atomic mass is 10.2. The molecule has 8 heteroatoms. The summed E-state index contributed by atoms with van der Waals surface area (Å²) in [5, 5.41) is 0.512. The van der Waals surface area contributed by atoms with Crippen LogP contribution in [0, 0.1) is 6.92 Å². The highest BCUT2D eigenvalue weighted by Crippen LogP contribution is 2.19. The fourth-order valence-electron chi connectivity index (χ4n) is 1.99. The number of rotatable bonds is 5. The Kier molecular flexibility index (Phi) is 5.08. The van der Waals surface area contributed by atoms with Crippen molar-refractivity contribution in [3.63, 3.8) is 0 Å². The zero-order valence-corrected chi connectivity index (χ0v) is 13.4. The molecule has 3 N–H and O–H groups in total. The van der Waals surface area contributed by atoms with Gasteiger partial charge in [0, 0.05) is 24.7 Å². The van der Waals surface area contributed by atoms with E-state index in [-0.39, 0.29) is 11.4 Å². The molecule has 1 heterocycles. The van der Waals surface area contributed by atoms with E-state index in [0.29, 0.717) is 23.1 Å². The Labute approximate surface area is 130 Å². The summed E-state index contributed by atoms with van der Waals surface area (Å²) < 4.78 is 26.8. The number of aryl methyl sites for hydroxylation is 1. The van der Waals surface area contributed by atoms with Crippen LogP contribution in [0.2, 0.25) is 5.02 Å². The van der Waals surface area contributed by atoms with E-state index in [1.165, 1.54) is 6.07 Å². The SMILES string of the molecule is Cc1cc(Cl)ccc1S(=O)(=O)NCCN=C(N)N1CCC1. The van der Waals surface area contributed by atoms with Gasteiger partial charge in [0.1, 0.15) is 0 Å². The molecule has 1 aromatic carbocycles. The molecule has 0 unspecified atom stereocenters. The van der Waals surface area contributed by atoms with E-state index >= 15 is 0 Å². The van der Waals surface area contributed by atoms with Gasteiger partial charge in [-0.2, -0.15) is 0 Å². The van der Waals surface area contributed by atoms with E-state index < -0.39 is 10.0 Å². The first kappa shape index (κ1) is 16.1. The molecule has 0 spiro atoms. The molecule has 1 aromatic rings. The highest BCUT2D eigenvalue weighted by molar-refractivity contribution is 7.89. The maximum atomic E-state index is 12.2. The predicted molar refractivity (Wildman–Crippen MR) is 84.1 cm³/mol. The van der Waals surface area contributed by atoms with Gasteiger partial charge in [-0.3, -0.25) is 4.99 Å². The Hall–Kier alpha value is -1.31. The third kappa shape index (κ3) is 4.09. The number of nitrogens with two attached hydrogens (primary N) is 1. The van der Waals surface area contributed by atoms with Crippen molar-refractivity contribution in [3.8, 4) is 0 Å². The third-order valence-electron chi connectivity index (χ3n) is 3.28. The molecule has 0 amide bonds. The highest BCUT2D eigenvalue weighted by Gasteiger charge is 2.17. The van der Waals surface area contributed by atoms with Crippen molar-refractivity contribution in [2.24, 2.45) is 10.7 Å². The smallest absolute Gasteiger partial charge is 0.240 e. The summed E-state index contributed by atoms with van der Waals surface area (Å²) in [5.41, 5.74) is 6.37. The molecule has 0 radical (unpaired) electrons. The van der Waals surface area contributed by atoms with Gasteiger partial charge < -0.3 is 10.6 Å². The number of nitrogens with zero attached hydrogens (tertiary/aromatic N) is 2. The zero-order valence-electron chi connectivity index (χ0n) is 11.8. The molecule has 1 fully saturated rings. The van der Waals surface area contributed by atoms with Crippen LogP contribution in [0.25, 0.3) is 0 Å². The summed E-state index contributed by atoms with van der Waals surface area (Å²) in [6.45, 7) is 4.07. The predicted octanol–water partition coefficient (Wildman–Crippen LogP) is 0.947. The molecule has 116 valence electrons. The number of hydrogen-bond acceptors (Lipinski definition) is 3. The molecule has 2 rings (SSSR count). The first-order chi connectivity index (χ1) is 9.90. The van der Waals surface area contributed by atoms with Gasteiger partial charge in [0.05, 0.1) is 11.4 Å². The van der Waals surface area contributed by atoms with Crippen LogP contribution in [-0.4, -0.2) is 45.5 Å². The van der Waals surface area contributed by atoms with Crippen molar-refractivity contribution in [2.45, 2.75) is 18.2 Å². The quantitative estimate of drug-likeness (QED) is 0.478. The molecule has 0 atom stereocenters. The summed E-state index contributed by atoms with van der Waals surface area (Å²) in [5.74, 6) is 0.475. The largest absolute Gasteiger partial charge is 0.370 e. The monoisotopic (exact) mass is 330 g/mol. The van der Waals surface area contributed by atoms with Crippen molar-refractivity contribution in [1.29, 1.82) is 0 Å². The van der Waals surface area contributed by atoms with Gasteiger partial charge >= 0.3 is 0 Å². The van der Waals surface area contributed by atoms with Crippen molar-refractivity contribution in [3.05, 3.63) is 28.8 Å². The number of aliphatic imine (C=N–C) groups is 1. The van der Waals surface area contributed by atoms with Crippen molar-refractivity contribution in [2.75, 3.05) is 26.2 Å². The van der Waals surface area contributed by atoms with Crippen molar-refractivity contribution < 1.29 is 8.42 Å². The molecule has 0 saturated carbocycles. The Morgan fingerprint density at radius 1 is 1.48 bits per heavy atom. The first-order valence-electron chi connectivity index (χ1n) is 6.71. The Balaban J connectivity index is 1.92. The van der Waals surface area contributed by atoms with Crippen molar-refractivity contribution >= 4 is 27.6 Å². The van der Waals surface area contributed by atoms with E-state index in [0.717, 1.165) is 19.5 Å². The molecule has 0 bridgehead atoms. The topological polar surface area (TPSA) is 87.8 Å². The maximum absolute atomic E-state index is 12.2. The molecule has 6 nitrogen and oxygen atoms in total. The standard InChI is InChI=1S/C13H19ClN4O2S/c1-10-9-11(14)3-4-12(10)21(19,20)17-6-5-16-13(15)18-7-2-8-18/h3-4,9,17H,2,5-8H2,1H3,(H2,15,16). The second-order valence-corrected chi connectivity index (χ2v) is 7.06. The van der Waals surface area contributed by atoms with Crippen LogP contribution in [-0.2, 0) is 10.0 Å². The van der Waals surface area contributed by atoms with Gasteiger partial charge in [0.2, 0.25) is 10.0 Å². The molecule has 1 aliphatic heterocycles. The molecule has 1 saturated heterocycles. The molecule has 1 aliphatic rings. The maximum Gasteiger partial charge on any atom is 0.240 e. The van der Waals surface area contributed by atoms with Crippen LogP contribution in [0.4, 0.5) is 0 Å². The minimum atomic E-state index is -3.55. The minimum absolute atomic E-state index is 0.207. The fourth-order valence-corrected chi connectivity index (χ4v) is 3.46. The van der Waals surface area contributed by atoms with E-state index in [1.54, 1.807) is 19.1 Å². The van der Waals surface area contributed by atoms with E-state index in [2.05, 4.69) is 9.71 Å². The number of sulfonamides is 1. The summed E-state index contributed by atoms with van der Waals surface area (Å²) in [7, 11) is -3.55. The number of guanidine groups is 1. The average molecular weight is 331 g/mol. The van der Waals surface area contributed by atoms with Crippen LogP contribution in [0.3, 0.4) is 0 Å². The number of halogens is 1. The van der Waals surface area contributed by atoms with E-state index in [9.17, 15) is 8.42 Å². The molecular weight excluding hydrogens is 312 g/mol. The average Bonchev–Trinajstić information content (AvgIpc) is 2.32. The second-order valence-electron chi connectivity index (χ2n) is 4.89. The lowest BCUT2D eigenvalue weighted by molar-refractivity contribution is 0.296. The zero-order chi connectivity index (χ0) is 15.5. The van der Waals surface area contributed by atoms with E-state index in [4.69, 9.17) is 17.3 Å². The van der Waals surface area contributed by atoms with Gasteiger partial charge in [-0.05, 0) is 37.1 Å². The van der Waals surface area contributed by atoms with Gasteiger partial charge in [0.25, 0.3) is 0 Å².